The number of carbonyl (C=O) groups is 3. The molecule has 142 valence electrons. The maximum absolute atomic E-state index is 12.1. The van der Waals surface area contributed by atoms with E-state index in [1.54, 1.807) is 24.3 Å². The van der Waals surface area contributed by atoms with Crippen LogP contribution in [0.5, 0.6) is 0 Å². The minimum absolute atomic E-state index is 0.271. The van der Waals surface area contributed by atoms with Gasteiger partial charge in [0.2, 0.25) is 0 Å². The van der Waals surface area contributed by atoms with E-state index in [4.69, 9.17) is 4.74 Å². The van der Waals surface area contributed by atoms with Crippen molar-refractivity contribution in [3.8, 4) is 0 Å². The van der Waals surface area contributed by atoms with Gasteiger partial charge in [0.05, 0.1) is 0 Å². The number of Topliss-reactive ketones (excluding diaryl/α,β-unsaturated/α-hetero) is 1. The Bertz CT molecular complexity index is 825. The molecule has 0 fully saturated rings. The second-order valence-corrected chi connectivity index (χ2v) is 6.51. The number of aryl methyl sites for hydroxylation is 3. The number of hydrogen-bond acceptors (Lipinski definition) is 4. The average Bonchev–Trinajstić information content (AvgIpc) is 2.67. The van der Waals surface area contributed by atoms with Crippen LogP contribution in [-0.2, 0) is 16.0 Å². The molecule has 0 aromatic heterocycles. The first-order chi connectivity index (χ1) is 12.9. The summed E-state index contributed by atoms with van der Waals surface area (Å²) < 4.78 is 4.96. The maximum atomic E-state index is 12.1. The second-order valence-electron chi connectivity index (χ2n) is 6.51. The zero-order valence-corrected chi connectivity index (χ0v) is 16.0. The number of ether oxygens (including phenoxy) is 1. The van der Waals surface area contributed by atoms with Crippen molar-refractivity contribution in [3.05, 3.63) is 70.3 Å². The first-order valence-electron chi connectivity index (χ1n) is 9.04. The van der Waals surface area contributed by atoms with Gasteiger partial charge in [0.1, 0.15) is 6.54 Å². The minimum atomic E-state index is -0.650. The van der Waals surface area contributed by atoms with Crippen LogP contribution < -0.4 is 5.32 Å². The van der Waals surface area contributed by atoms with E-state index in [9.17, 15) is 14.4 Å². The van der Waals surface area contributed by atoms with Gasteiger partial charge in [-0.1, -0.05) is 43.7 Å². The van der Waals surface area contributed by atoms with E-state index in [1.165, 1.54) is 5.56 Å². The van der Waals surface area contributed by atoms with Gasteiger partial charge in [0.15, 0.2) is 12.4 Å². The van der Waals surface area contributed by atoms with Crippen molar-refractivity contribution < 1.29 is 19.1 Å². The lowest BCUT2D eigenvalue weighted by Crippen LogP contribution is -2.31. The van der Waals surface area contributed by atoms with Crippen LogP contribution in [0.15, 0.2) is 42.5 Å². The lowest BCUT2D eigenvalue weighted by atomic mass is 10.1. The Hall–Kier alpha value is -2.95. The molecule has 0 aliphatic heterocycles. The molecule has 0 aliphatic carbocycles. The Morgan fingerprint density at radius 1 is 0.926 bits per heavy atom. The SMILES string of the molecule is CCCc1ccc(C(=O)COC(=O)CNC(=O)c2ccc(C)c(C)c2)cc1. The summed E-state index contributed by atoms with van der Waals surface area (Å²) >= 11 is 0. The van der Waals surface area contributed by atoms with Crippen molar-refractivity contribution in [2.75, 3.05) is 13.2 Å². The Balaban J connectivity index is 1.79. The van der Waals surface area contributed by atoms with Crippen molar-refractivity contribution in [2.24, 2.45) is 0 Å². The molecule has 1 amide bonds. The predicted molar refractivity (Wildman–Crippen MR) is 104 cm³/mol. The second kappa shape index (κ2) is 9.67. The van der Waals surface area contributed by atoms with Gasteiger partial charge in [-0.25, -0.2) is 0 Å². The molecule has 0 saturated heterocycles. The summed E-state index contributed by atoms with van der Waals surface area (Å²) in [7, 11) is 0. The number of amides is 1. The van der Waals surface area contributed by atoms with E-state index < -0.39 is 5.97 Å². The molecular weight excluding hydrogens is 342 g/mol. The van der Waals surface area contributed by atoms with Crippen LogP contribution in [0.1, 0.15) is 50.8 Å². The van der Waals surface area contributed by atoms with Crippen LogP contribution in [-0.4, -0.2) is 30.8 Å². The molecule has 1 N–H and O–H groups in total. The fraction of sp³-hybridized carbons (Fsp3) is 0.318. The number of ketones is 1. The monoisotopic (exact) mass is 367 g/mol. The summed E-state index contributed by atoms with van der Waals surface area (Å²) in [5.74, 6) is -1.28. The molecule has 0 unspecified atom stereocenters. The molecule has 0 heterocycles. The highest BCUT2D eigenvalue weighted by Crippen LogP contribution is 2.10. The maximum Gasteiger partial charge on any atom is 0.325 e. The van der Waals surface area contributed by atoms with Crippen LogP contribution in [0.4, 0.5) is 0 Å². The Labute approximate surface area is 159 Å². The molecule has 5 nitrogen and oxygen atoms in total. The highest BCUT2D eigenvalue weighted by atomic mass is 16.5. The molecule has 0 saturated carbocycles. The Morgan fingerprint density at radius 2 is 1.59 bits per heavy atom. The summed E-state index contributed by atoms with van der Waals surface area (Å²) in [4.78, 5) is 35.9. The number of rotatable bonds is 8. The van der Waals surface area contributed by atoms with Crippen molar-refractivity contribution in [1.82, 2.24) is 5.32 Å². The van der Waals surface area contributed by atoms with Gasteiger partial charge < -0.3 is 10.1 Å². The number of nitrogens with one attached hydrogen (secondary N) is 1. The van der Waals surface area contributed by atoms with Gasteiger partial charge in [-0.15, -0.1) is 0 Å². The van der Waals surface area contributed by atoms with Crippen molar-refractivity contribution >= 4 is 17.7 Å². The molecule has 0 aliphatic rings. The van der Waals surface area contributed by atoms with Crippen LogP contribution in [0, 0.1) is 13.8 Å². The quantitative estimate of drug-likeness (QED) is 0.573. The molecule has 2 aromatic rings. The average molecular weight is 367 g/mol. The zero-order valence-electron chi connectivity index (χ0n) is 16.0. The molecule has 0 radical (unpaired) electrons. The summed E-state index contributed by atoms with van der Waals surface area (Å²) in [6, 6.07) is 12.6. The van der Waals surface area contributed by atoms with E-state index in [0.717, 1.165) is 24.0 Å². The highest BCUT2D eigenvalue weighted by Gasteiger charge is 2.12. The minimum Gasteiger partial charge on any atom is -0.456 e. The summed E-state index contributed by atoms with van der Waals surface area (Å²) in [5.41, 5.74) is 4.24. The van der Waals surface area contributed by atoms with Gasteiger partial charge in [-0.05, 0) is 49.1 Å². The zero-order chi connectivity index (χ0) is 19.8. The predicted octanol–water partition coefficient (Wildman–Crippen LogP) is 3.41. The molecule has 0 spiro atoms. The number of hydrogen-bond donors (Lipinski definition) is 1. The fourth-order valence-corrected chi connectivity index (χ4v) is 2.56. The van der Waals surface area contributed by atoms with Gasteiger partial charge in [-0.2, -0.15) is 0 Å². The van der Waals surface area contributed by atoms with Crippen LogP contribution >= 0.6 is 0 Å². The molecule has 27 heavy (non-hydrogen) atoms. The van der Waals surface area contributed by atoms with Crippen LogP contribution in [0.2, 0.25) is 0 Å². The first-order valence-corrected chi connectivity index (χ1v) is 9.04. The van der Waals surface area contributed by atoms with E-state index in [0.29, 0.717) is 11.1 Å². The largest absolute Gasteiger partial charge is 0.456 e. The third-order valence-electron chi connectivity index (χ3n) is 4.34. The van der Waals surface area contributed by atoms with E-state index >= 15 is 0 Å². The Morgan fingerprint density at radius 3 is 2.22 bits per heavy atom. The molecule has 2 aromatic carbocycles. The topological polar surface area (TPSA) is 72.5 Å². The Kier molecular flexibility index (Phi) is 7.29. The highest BCUT2D eigenvalue weighted by molar-refractivity contribution is 5.99. The van der Waals surface area contributed by atoms with Gasteiger partial charge in [0.25, 0.3) is 5.91 Å². The third-order valence-corrected chi connectivity index (χ3v) is 4.34. The summed E-state index contributed by atoms with van der Waals surface area (Å²) in [6.45, 7) is 5.35. The third kappa shape index (κ3) is 6.06. The smallest absolute Gasteiger partial charge is 0.325 e. The van der Waals surface area contributed by atoms with E-state index in [-0.39, 0.29) is 24.8 Å². The summed E-state index contributed by atoms with van der Waals surface area (Å²) in [5, 5.41) is 2.51. The van der Waals surface area contributed by atoms with Crippen molar-refractivity contribution in [2.45, 2.75) is 33.6 Å². The normalized spacial score (nSPS) is 10.3. The number of benzene rings is 2. The number of esters is 1. The van der Waals surface area contributed by atoms with Crippen molar-refractivity contribution in [3.63, 3.8) is 0 Å². The lowest BCUT2D eigenvalue weighted by Gasteiger charge is -2.08. The van der Waals surface area contributed by atoms with Gasteiger partial charge in [-0.3, -0.25) is 14.4 Å². The lowest BCUT2D eigenvalue weighted by molar-refractivity contribution is -0.141. The summed E-state index contributed by atoms with van der Waals surface area (Å²) in [6.07, 6.45) is 2.00. The molecule has 5 heteroatoms. The first kappa shape index (κ1) is 20.4. The molecule has 0 atom stereocenters. The molecule has 2 rings (SSSR count). The van der Waals surface area contributed by atoms with Crippen LogP contribution in [0.3, 0.4) is 0 Å². The van der Waals surface area contributed by atoms with Crippen molar-refractivity contribution in [1.29, 1.82) is 0 Å². The van der Waals surface area contributed by atoms with E-state index in [2.05, 4.69) is 12.2 Å². The fourth-order valence-electron chi connectivity index (χ4n) is 2.56. The van der Waals surface area contributed by atoms with Gasteiger partial charge >= 0.3 is 5.97 Å². The van der Waals surface area contributed by atoms with Gasteiger partial charge in [0, 0.05) is 11.1 Å². The van der Waals surface area contributed by atoms with Crippen LogP contribution in [0.25, 0.3) is 0 Å². The molecule has 0 bridgehead atoms. The number of carbonyl (C=O) groups excluding carboxylic acids is 3. The molecular formula is C22H25NO4. The van der Waals surface area contributed by atoms with E-state index in [1.807, 2.05) is 32.0 Å². The standard InChI is InChI=1S/C22H25NO4/c1-4-5-17-7-10-18(11-8-17)20(24)14-27-21(25)13-23-22(26)19-9-6-15(2)16(3)12-19/h6-12H,4-5,13-14H2,1-3H3,(H,23,26).